The van der Waals surface area contributed by atoms with Crippen LogP contribution in [0.2, 0.25) is 0 Å². The summed E-state index contributed by atoms with van der Waals surface area (Å²) >= 11 is 0. The fraction of sp³-hybridized carbons (Fsp3) is 0.552. The molecule has 10 N–H and O–H groups in total. The molecule has 0 aliphatic heterocycles. The van der Waals surface area contributed by atoms with E-state index in [1.165, 1.54) is 7.05 Å². The maximum Gasteiger partial charge on any atom is 0.253 e. The van der Waals surface area contributed by atoms with Crippen molar-refractivity contribution in [1.82, 2.24) is 10.6 Å². The van der Waals surface area contributed by atoms with Crippen LogP contribution in [0.4, 0.5) is 17.1 Å². The molecular weight excluding hydrogens is 556 g/mol. The smallest absolute Gasteiger partial charge is 0.253 e. The van der Waals surface area contributed by atoms with E-state index in [1.54, 1.807) is 24.3 Å². The molecule has 0 spiro atoms. The molecule has 0 radical (unpaired) electrons. The standard InChI is InChI=1S/C14H23N3O3.C11H17N5O3.2C2H6/c1-16-6-8-19-10-11-20-9-7-17-14(18)12-2-4-13(15)5-3-12;1-14-7-8(10(19)9(7)18)16-6(5-17)3-2-4-15-11(12)13;2*1-2/h2-5,16H,6-11,15H2,1H3,(H,17,18);5-6,14,16H,2-4H2,1H3,(H4,12,13,15);2*1-2H3. The van der Waals surface area contributed by atoms with E-state index in [-0.39, 0.29) is 23.2 Å². The number of carbonyl (C=O) groups excluding carboxylic acids is 2. The third-order valence-electron chi connectivity index (χ3n) is 5.20. The number of aldehydes is 1. The van der Waals surface area contributed by atoms with Crippen molar-refractivity contribution in [2.75, 3.05) is 76.5 Å². The van der Waals surface area contributed by atoms with E-state index in [4.69, 9.17) is 26.7 Å². The summed E-state index contributed by atoms with van der Waals surface area (Å²) in [5.41, 5.74) is 16.3. The second-order valence-electron chi connectivity index (χ2n) is 8.20. The number of carbonyl (C=O) groups is 2. The molecule has 0 saturated heterocycles. The first-order valence-corrected chi connectivity index (χ1v) is 14.5. The zero-order valence-electron chi connectivity index (χ0n) is 26.5. The molecule has 14 nitrogen and oxygen atoms in total. The van der Waals surface area contributed by atoms with Gasteiger partial charge in [-0.1, -0.05) is 27.7 Å². The van der Waals surface area contributed by atoms with E-state index in [0.717, 1.165) is 6.54 Å². The van der Waals surface area contributed by atoms with Gasteiger partial charge < -0.3 is 52.7 Å². The number of anilines is 3. The second-order valence-corrected chi connectivity index (χ2v) is 8.20. The molecule has 0 aliphatic rings. The van der Waals surface area contributed by atoms with Gasteiger partial charge in [0.1, 0.15) is 17.7 Å². The Hall–Kier alpha value is -4.01. The van der Waals surface area contributed by atoms with Gasteiger partial charge in [-0.05, 0) is 44.2 Å². The van der Waals surface area contributed by atoms with Crippen LogP contribution in [0.5, 0.6) is 0 Å². The maximum atomic E-state index is 11.7. The minimum absolute atomic E-state index is 0.00411. The number of hydrogen-bond acceptors (Lipinski definition) is 11. The van der Waals surface area contributed by atoms with Crippen LogP contribution in [0.1, 0.15) is 50.9 Å². The van der Waals surface area contributed by atoms with Crippen molar-refractivity contribution >= 4 is 35.2 Å². The molecule has 2 rings (SSSR count). The molecule has 1 amide bonds. The van der Waals surface area contributed by atoms with E-state index in [0.29, 0.717) is 69.9 Å². The zero-order chi connectivity index (χ0) is 33.0. The summed E-state index contributed by atoms with van der Waals surface area (Å²) in [5.74, 6) is -0.130. The highest BCUT2D eigenvalue weighted by molar-refractivity contribution is 5.94. The number of aliphatic imine (C=N–C) groups is 1. The average molecular weight is 609 g/mol. The largest absolute Gasteiger partial charge is 0.399 e. The number of nitrogens with one attached hydrogen (secondary N) is 4. The summed E-state index contributed by atoms with van der Waals surface area (Å²) in [6.07, 6.45) is 1.73. The van der Waals surface area contributed by atoms with E-state index in [9.17, 15) is 19.2 Å². The quantitative estimate of drug-likeness (QED) is 0.0309. The van der Waals surface area contributed by atoms with Gasteiger partial charge in [0.15, 0.2) is 5.96 Å². The fourth-order valence-corrected chi connectivity index (χ4v) is 3.12. The molecular formula is C29H52N8O6. The monoisotopic (exact) mass is 608 g/mol. The number of ether oxygens (including phenoxy) is 2. The number of hydrogen-bond donors (Lipinski definition) is 7. The summed E-state index contributed by atoms with van der Waals surface area (Å²) in [7, 11) is 3.42. The normalized spacial score (nSPS) is 10.4. The molecule has 0 aliphatic carbocycles. The Morgan fingerprint density at radius 3 is 1.98 bits per heavy atom. The topological polar surface area (TPSA) is 225 Å². The van der Waals surface area contributed by atoms with Crippen LogP contribution in [0.15, 0.2) is 38.8 Å². The Balaban J connectivity index is 0. The third-order valence-corrected chi connectivity index (χ3v) is 5.20. The number of nitrogens with zero attached hydrogens (tertiary/aromatic N) is 1. The van der Waals surface area contributed by atoms with Gasteiger partial charge in [-0.25, -0.2) is 0 Å². The molecule has 2 aromatic carbocycles. The summed E-state index contributed by atoms with van der Waals surface area (Å²) in [6, 6.07) is 6.24. The highest BCUT2D eigenvalue weighted by atomic mass is 16.5. The van der Waals surface area contributed by atoms with Gasteiger partial charge in [0, 0.05) is 37.9 Å². The molecule has 1 atom stereocenters. The first-order chi connectivity index (χ1) is 20.7. The Kier molecular flexibility index (Phi) is 25.7. The molecule has 0 bridgehead atoms. The van der Waals surface area contributed by atoms with Gasteiger partial charge in [-0.15, -0.1) is 0 Å². The number of guanidine groups is 1. The first kappa shape index (κ1) is 41.1. The second kappa shape index (κ2) is 26.9. The number of nitrogens with two attached hydrogens (primary N) is 3. The lowest BCUT2D eigenvalue weighted by molar-refractivity contribution is -0.108. The Morgan fingerprint density at radius 2 is 1.47 bits per heavy atom. The lowest BCUT2D eigenvalue weighted by Crippen LogP contribution is -2.39. The van der Waals surface area contributed by atoms with Gasteiger partial charge in [0.2, 0.25) is 0 Å². The van der Waals surface area contributed by atoms with Crippen LogP contribution >= 0.6 is 0 Å². The Bertz CT molecular complexity index is 1100. The van der Waals surface area contributed by atoms with Gasteiger partial charge >= 0.3 is 0 Å². The lowest BCUT2D eigenvalue weighted by Gasteiger charge is -2.17. The molecule has 0 saturated carbocycles. The summed E-state index contributed by atoms with van der Waals surface area (Å²) in [4.78, 5) is 48.9. The number of amides is 1. The van der Waals surface area contributed by atoms with Crippen molar-refractivity contribution in [3.63, 3.8) is 0 Å². The van der Waals surface area contributed by atoms with Crippen molar-refractivity contribution in [1.29, 1.82) is 0 Å². The number of rotatable bonds is 18. The third kappa shape index (κ3) is 18.2. The van der Waals surface area contributed by atoms with E-state index in [1.807, 2.05) is 34.7 Å². The van der Waals surface area contributed by atoms with Crippen molar-refractivity contribution in [3.05, 3.63) is 50.3 Å². The van der Waals surface area contributed by atoms with E-state index < -0.39 is 16.9 Å². The Labute approximate surface area is 254 Å². The van der Waals surface area contributed by atoms with Gasteiger partial charge in [-0.2, -0.15) is 0 Å². The van der Waals surface area contributed by atoms with Crippen molar-refractivity contribution in [3.8, 4) is 0 Å². The first-order valence-electron chi connectivity index (χ1n) is 14.5. The fourth-order valence-electron chi connectivity index (χ4n) is 3.12. The highest BCUT2D eigenvalue weighted by Crippen LogP contribution is 2.15. The van der Waals surface area contributed by atoms with Crippen molar-refractivity contribution in [2.24, 2.45) is 16.5 Å². The Morgan fingerprint density at radius 1 is 0.907 bits per heavy atom. The summed E-state index contributed by atoms with van der Waals surface area (Å²) < 4.78 is 10.6. The van der Waals surface area contributed by atoms with Crippen molar-refractivity contribution < 1.29 is 19.1 Å². The van der Waals surface area contributed by atoms with Crippen LogP contribution in [-0.2, 0) is 14.3 Å². The molecule has 244 valence electrons. The molecule has 1 unspecified atom stereocenters. The highest BCUT2D eigenvalue weighted by Gasteiger charge is 2.21. The number of nitrogen functional groups attached to an aromatic ring is 1. The van der Waals surface area contributed by atoms with Gasteiger partial charge in [0.25, 0.3) is 16.8 Å². The molecule has 2 aromatic rings. The van der Waals surface area contributed by atoms with Crippen LogP contribution < -0.4 is 49.3 Å². The number of likely N-dealkylation sites (N-methyl/N-ethyl adjacent to an activating group) is 1. The predicted molar refractivity (Wildman–Crippen MR) is 176 cm³/mol. The van der Waals surface area contributed by atoms with Crippen LogP contribution in [0.25, 0.3) is 0 Å². The van der Waals surface area contributed by atoms with Crippen LogP contribution in [-0.4, -0.2) is 84.4 Å². The van der Waals surface area contributed by atoms with Gasteiger partial charge in [-0.3, -0.25) is 19.4 Å². The van der Waals surface area contributed by atoms with Crippen LogP contribution in [0.3, 0.4) is 0 Å². The number of benzene rings is 1. The maximum absolute atomic E-state index is 11.7. The van der Waals surface area contributed by atoms with Gasteiger partial charge in [0.05, 0.1) is 32.5 Å². The molecule has 43 heavy (non-hydrogen) atoms. The minimum atomic E-state index is -0.611. The van der Waals surface area contributed by atoms with Crippen molar-refractivity contribution in [2.45, 2.75) is 46.6 Å². The molecule has 0 aromatic heterocycles. The van der Waals surface area contributed by atoms with Crippen LogP contribution in [0, 0.1) is 0 Å². The summed E-state index contributed by atoms with van der Waals surface area (Å²) in [6.45, 7) is 11.9. The SMILES string of the molecule is CC.CC.CNCCOCCOCCNC(=O)c1ccc(N)cc1.CNc1c(NC(C=O)CCCN=C(N)N)c(=O)c1=O. The van der Waals surface area contributed by atoms with E-state index >= 15 is 0 Å². The lowest BCUT2D eigenvalue weighted by atomic mass is 10.1. The van der Waals surface area contributed by atoms with E-state index in [2.05, 4.69) is 26.3 Å². The summed E-state index contributed by atoms with van der Waals surface area (Å²) in [5, 5.41) is 11.1. The zero-order valence-corrected chi connectivity index (χ0v) is 26.5. The molecule has 0 heterocycles. The minimum Gasteiger partial charge on any atom is -0.399 e. The molecule has 14 heteroatoms. The molecule has 0 fully saturated rings. The average Bonchev–Trinajstić information content (AvgIpc) is 3.03. The predicted octanol–water partition coefficient (Wildman–Crippen LogP) is 0.661.